The molecule has 0 saturated carbocycles. The van der Waals surface area contributed by atoms with Crippen molar-refractivity contribution in [2.75, 3.05) is 0 Å². The van der Waals surface area contributed by atoms with Gasteiger partial charge in [-0.3, -0.25) is 4.79 Å². The van der Waals surface area contributed by atoms with Gasteiger partial charge in [-0.15, -0.1) is 0 Å². The van der Waals surface area contributed by atoms with Gasteiger partial charge in [-0.25, -0.2) is 14.6 Å². The quantitative estimate of drug-likeness (QED) is 0.543. The molecule has 28 heavy (non-hydrogen) atoms. The van der Waals surface area contributed by atoms with E-state index in [0.29, 0.717) is 18.2 Å². The maximum Gasteiger partial charge on any atom is 0.225 e. The fourth-order valence-electron chi connectivity index (χ4n) is 3.16. The van der Waals surface area contributed by atoms with Crippen molar-refractivity contribution in [2.24, 2.45) is 5.73 Å². The highest BCUT2D eigenvalue weighted by molar-refractivity contribution is 5.76. The molecule has 2 aromatic heterocycles. The summed E-state index contributed by atoms with van der Waals surface area (Å²) in [5.74, 6) is 1.43. The number of benzene rings is 2. The van der Waals surface area contributed by atoms with Gasteiger partial charge in [0.25, 0.3) is 0 Å². The van der Waals surface area contributed by atoms with Gasteiger partial charge in [-0.05, 0) is 18.6 Å². The van der Waals surface area contributed by atoms with E-state index in [-0.39, 0.29) is 6.42 Å². The van der Waals surface area contributed by atoms with E-state index in [2.05, 4.69) is 39.1 Å². The van der Waals surface area contributed by atoms with Gasteiger partial charge in [-0.1, -0.05) is 48.0 Å². The molecule has 4 aromatic rings. The molecule has 7 nitrogen and oxygen atoms in total. The van der Waals surface area contributed by atoms with Gasteiger partial charge in [0.05, 0.1) is 13.0 Å². The molecule has 0 aliphatic rings. The van der Waals surface area contributed by atoms with Crippen molar-refractivity contribution in [3.63, 3.8) is 0 Å². The van der Waals surface area contributed by atoms with Gasteiger partial charge in [-0.2, -0.15) is 5.10 Å². The molecule has 0 unspecified atom stereocenters. The van der Waals surface area contributed by atoms with Crippen LogP contribution in [0, 0.1) is 6.92 Å². The Hall–Kier alpha value is -3.74. The first-order valence-corrected chi connectivity index (χ1v) is 8.96. The molecular formula is C21H20N6O. The molecule has 140 valence electrons. The topological polar surface area (TPSA) is 102 Å². The van der Waals surface area contributed by atoms with Crippen molar-refractivity contribution in [1.82, 2.24) is 24.7 Å². The van der Waals surface area contributed by atoms with Crippen LogP contribution < -0.4 is 5.73 Å². The van der Waals surface area contributed by atoms with Gasteiger partial charge in [0.1, 0.15) is 5.82 Å². The summed E-state index contributed by atoms with van der Waals surface area (Å²) in [5, 5.41) is 4.53. The number of carbonyl (C=O) groups is 1. The summed E-state index contributed by atoms with van der Waals surface area (Å²) in [6.45, 7) is 2.60. The number of imidazole rings is 1. The van der Waals surface area contributed by atoms with Gasteiger partial charge >= 0.3 is 0 Å². The monoisotopic (exact) mass is 372 g/mol. The van der Waals surface area contributed by atoms with Crippen LogP contribution in [0.3, 0.4) is 0 Å². The summed E-state index contributed by atoms with van der Waals surface area (Å²) in [5.41, 5.74) is 9.47. The molecule has 0 aliphatic heterocycles. The lowest BCUT2D eigenvalue weighted by molar-refractivity contribution is -0.117. The predicted molar refractivity (Wildman–Crippen MR) is 106 cm³/mol. The number of primary amides is 1. The second kappa shape index (κ2) is 7.48. The Kier molecular flexibility index (Phi) is 4.72. The summed E-state index contributed by atoms with van der Waals surface area (Å²) in [4.78, 5) is 23.4. The number of nitrogens with two attached hydrogens (primary N) is 1. The van der Waals surface area contributed by atoms with Crippen LogP contribution in [0.4, 0.5) is 0 Å². The summed E-state index contributed by atoms with van der Waals surface area (Å²) < 4.78 is 1.81. The van der Waals surface area contributed by atoms with Crippen molar-refractivity contribution >= 4 is 5.91 Å². The number of aryl methyl sites for hydroxylation is 1. The van der Waals surface area contributed by atoms with Crippen LogP contribution in [0.2, 0.25) is 0 Å². The first-order valence-electron chi connectivity index (χ1n) is 8.96. The highest BCUT2D eigenvalue weighted by Gasteiger charge is 2.15. The van der Waals surface area contributed by atoms with Crippen LogP contribution >= 0.6 is 0 Å². The van der Waals surface area contributed by atoms with E-state index >= 15 is 0 Å². The number of rotatable bonds is 6. The summed E-state index contributed by atoms with van der Waals surface area (Å²) >= 11 is 0. The van der Waals surface area contributed by atoms with Gasteiger partial charge < -0.3 is 10.7 Å². The Morgan fingerprint density at radius 3 is 2.71 bits per heavy atom. The molecular weight excluding hydrogens is 352 g/mol. The van der Waals surface area contributed by atoms with Crippen molar-refractivity contribution < 1.29 is 4.79 Å². The number of hydrogen-bond acceptors (Lipinski definition) is 4. The van der Waals surface area contributed by atoms with E-state index in [1.54, 1.807) is 12.4 Å². The average molecular weight is 372 g/mol. The van der Waals surface area contributed by atoms with Crippen molar-refractivity contribution in [1.29, 1.82) is 0 Å². The number of hydrogen-bond donors (Lipinski definition) is 2. The van der Waals surface area contributed by atoms with Crippen LogP contribution in [0.5, 0.6) is 0 Å². The van der Waals surface area contributed by atoms with E-state index in [0.717, 1.165) is 22.5 Å². The Bertz CT molecular complexity index is 1110. The molecule has 0 fully saturated rings. The number of aromatic amines is 1. The Balaban J connectivity index is 1.75. The molecule has 0 saturated heterocycles. The predicted octanol–water partition coefficient (Wildman–Crippen LogP) is 2.72. The molecule has 0 bridgehead atoms. The van der Waals surface area contributed by atoms with Gasteiger partial charge in [0.15, 0.2) is 11.6 Å². The zero-order valence-corrected chi connectivity index (χ0v) is 15.5. The third-order valence-electron chi connectivity index (χ3n) is 4.36. The lowest BCUT2D eigenvalue weighted by atomic mass is 10.1. The summed E-state index contributed by atoms with van der Waals surface area (Å²) in [7, 11) is 0. The normalized spacial score (nSPS) is 10.9. The SMILES string of the molecule is Cc1cccc(Cn2nc(CC(N)=O)nc2-c2cccc(-c3ncc[nH]3)c2)c1. The third kappa shape index (κ3) is 3.83. The number of amides is 1. The van der Waals surface area contributed by atoms with Crippen LogP contribution in [0.1, 0.15) is 17.0 Å². The molecule has 0 spiro atoms. The fourth-order valence-corrected chi connectivity index (χ4v) is 3.16. The maximum absolute atomic E-state index is 11.4. The highest BCUT2D eigenvalue weighted by Crippen LogP contribution is 2.24. The van der Waals surface area contributed by atoms with Crippen molar-refractivity contribution in [3.8, 4) is 22.8 Å². The van der Waals surface area contributed by atoms with Crippen LogP contribution in [-0.4, -0.2) is 30.6 Å². The zero-order chi connectivity index (χ0) is 19.5. The number of nitrogens with one attached hydrogen (secondary N) is 1. The minimum absolute atomic E-state index is 0.00565. The molecule has 7 heteroatoms. The first-order chi connectivity index (χ1) is 13.6. The lowest BCUT2D eigenvalue weighted by Gasteiger charge is -2.08. The zero-order valence-electron chi connectivity index (χ0n) is 15.5. The second-order valence-corrected chi connectivity index (χ2v) is 6.66. The molecule has 2 heterocycles. The van der Waals surface area contributed by atoms with Crippen molar-refractivity contribution in [3.05, 3.63) is 77.9 Å². The minimum Gasteiger partial charge on any atom is -0.369 e. The molecule has 2 aromatic carbocycles. The van der Waals surface area contributed by atoms with E-state index in [4.69, 9.17) is 5.73 Å². The number of aromatic nitrogens is 5. The molecule has 0 atom stereocenters. The Morgan fingerprint density at radius 1 is 1.14 bits per heavy atom. The minimum atomic E-state index is -0.455. The van der Waals surface area contributed by atoms with Gasteiger partial charge in [0, 0.05) is 23.5 Å². The molecule has 3 N–H and O–H groups in total. The Labute approximate surface area is 162 Å². The number of carbonyl (C=O) groups excluding carboxylic acids is 1. The largest absolute Gasteiger partial charge is 0.369 e. The average Bonchev–Trinajstić information content (AvgIpc) is 3.32. The smallest absolute Gasteiger partial charge is 0.225 e. The fraction of sp³-hybridized carbons (Fsp3) is 0.143. The molecule has 4 rings (SSSR count). The Morgan fingerprint density at radius 2 is 1.96 bits per heavy atom. The summed E-state index contributed by atoms with van der Waals surface area (Å²) in [6.07, 6.45) is 3.51. The molecule has 1 amide bonds. The van der Waals surface area contributed by atoms with Crippen LogP contribution in [0.25, 0.3) is 22.8 Å². The van der Waals surface area contributed by atoms with Crippen LogP contribution in [0.15, 0.2) is 60.9 Å². The second-order valence-electron chi connectivity index (χ2n) is 6.66. The van der Waals surface area contributed by atoms with E-state index < -0.39 is 5.91 Å². The van der Waals surface area contributed by atoms with E-state index in [9.17, 15) is 4.79 Å². The number of nitrogens with zero attached hydrogens (tertiary/aromatic N) is 4. The van der Waals surface area contributed by atoms with Crippen molar-refractivity contribution in [2.45, 2.75) is 19.9 Å². The van der Waals surface area contributed by atoms with E-state index in [1.807, 2.05) is 41.1 Å². The maximum atomic E-state index is 11.4. The highest BCUT2D eigenvalue weighted by atomic mass is 16.1. The lowest BCUT2D eigenvalue weighted by Crippen LogP contribution is -2.15. The standard InChI is InChI=1S/C21H20N6O/c1-14-4-2-5-15(10-14)13-27-21(25-19(26-27)12-18(22)28)17-7-3-6-16(11-17)20-23-8-9-24-20/h2-11H,12-13H2,1H3,(H2,22,28)(H,23,24). The third-order valence-corrected chi connectivity index (χ3v) is 4.36. The summed E-state index contributed by atoms with van der Waals surface area (Å²) in [6, 6.07) is 16.1. The van der Waals surface area contributed by atoms with Gasteiger partial charge in [0.2, 0.25) is 5.91 Å². The first kappa shape index (κ1) is 17.7. The van der Waals surface area contributed by atoms with Crippen LogP contribution in [-0.2, 0) is 17.8 Å². The molecule has 0 aliphatic carbocycles. The molecule has 0 radical (unpaired) electrons. The number of H-pyrrole nitrogens is 1. The van der Waals surface area contributed by atoms with E-state index in [1.165, 1.54) is 5.56 Å².